The van der Waals surface area contributed by atoms with Crippen LogP contribution in [0.25, 0.3) is 0 Å². The summed E-state index contributed by atoms with van der Waals surface area (Å²) in [6.45, 7) is 9.83. The molecule has 1 aromatic rings. The second kappa shape index (κ2) is 5.36. The minimum Gasteiger partial charge on any atom is -0.352 e. The molecule has 0 aliphatic heterocycles. The number of nitrogens with zero attached hydrogens (tertiary/aromatic N) is 1. The molecule has 0 aliphatic rings. The van der Waals surface area contributed by atoms with Gasteiger partial charge in [0, 0.05) is 31.0 Å². The molecule has 0 aliphatic carbocycles. The second-order valence-electron chi connectivity index (χ2n) is 4.35. The van der Waals surface area contributed by atoms with Crippen LogP contribution in [0.5, 0.6) is 0 Å². The van der Waals surface area contributed by atoms with Crippen molar-refractivity contribution in [3.63, 3.8) is 0 Å². The number of rotatable bonds is 5. The van der Waals surface area contributed by atoms with Gasteiger partial charge >= 0.3 is 0 Å². The molecule has 15 heavy (non-hydrogen) atoms. The quantitative estimate of drug-likeness (QED) is 0.787. The van der Waals surface area contributed by atoms with Crippen molar-refractivity contribution in [3.8, 4) is 0 Å². The van der Waals surface area contributed by atoms with Gasteiger partial charge in [0.1, 0.15) is 0 Å². The second-order valence-corrected chi connectivity index (χ2v) is 4.35. The number of hydrogen-bond acceptors (Lipinski definition) is 1. The molecule has 86 valence electrons. The maximum atomic E-state index is 3.60. The molecule has 0 saturated heterocycles. The molecule has 1 aromatic heterocycles. The Bertz CT molecular complexity index is 309. The average molecular weight is 208 g/mol. The van der Waals surface area contributed by atoms with Gasteiger partial charge in [-0.2, -0.15) is 0 Å². The zero-order valence-corrected chi connectivity index (χ0v) is 10.7. The van der Waals surface area contributed by atoms with E-state index in [1.165, 1.54) is 29.8 Å². The molecule has 0 unspecified atom stereocenters. The lowest BCUT2D eigenvalue weighted by Gasteiger charge is -2.14. The van der Waals surface area contributed by atoms with Crippen LogP contribution < -0.4 is 5.32 Å². The molecular formula is C13H24N2. The summed E-state index contributed by atoms with van der Waals surface area (Å²) in [4.78, 5) is 0. The van der Waals surface area contributed by atoms with E-state index in [0.29, 0.717) is 6.04 Å². The number of nitrogens with one attached hydrogen (secondary N) is 1. The summed E-state index contributed by atoms with van der Waals surface area (Å²) in [6.07, 6.45) is 2.42. The van der Waals surface area contributed by atoms with E-state index >= 15 is 0 Å². The first-order valence-corrected chi connectivity index (χ1v) is 5.95. The van der Waals surface area contributed by atoms with Gasteiger partial charge in [0.05, 0.1) is 0 Å². The minimum absolute atomic E-state index is 0.657. The minimum atomic E-state index is 0.657. The predicted octanol–water partition coefficient (Wildman–Crippen LogP) is 2.92. The Labute approximate surface area is 93.7 Å². The van der Waals surface area contributed by atoms with Crippen LogP contribution in [0.3, 0.4) is 0 Å². The van der Waals surface area contributed by atoms with Crippen LogP contribution in [0.1, 0.15) is 43.6 Å². The van der Waals surface area contributed by atoms with Crippen LogP contribution in [0, 0.1) is 13.8 Å². The van der Waals surface area contributed by atoms with Gasteiger partial charge in [0.25, 0.3) is 0 Å². The van der Waals surface area contributed by atoms with Gasteiger partial charge in [-0.1, -0.05) is 13.8 Å². The highest BCUT2D eigenvalue weighted by molar-refractivity contribution is 5.26. The first kappa shape index (κ1) is 12.3. The van der Waals surface area contributed by atoms with Crippen molar-refractivity contribution in [1.29, 1.82) is 0 Å². The van der Waals surface area contributed by atoms with Crippen LogP contribution in [0.4, 0.5) is 0 Å². The highest BCUT2D eigenvalue weighted by Gasteiger charge is 2.07. The first-order chi connectivity index (χ1) is 7.10. The van der Waals surface area contributed by atoms with Crippen LogP contribution in [0.15, 0.2) is 6.07 Å². The van der Waals surface area contributed by atoms with E-state index in [9.17, 15) is 0 Å². The molecular weight excluding hydrogens is 184 g/mol. The maximum Gasteiger partial charge on any atom is 0.0225 e. The predicted molar refractivity (Wildman–Crippen MR) is 66.1 cm³/mol. The number of hydrogen-bond donors (Lipinski definition) is 1. The van der Waals surface area contributed by atoms with E-state index in [-0.39, 0.29) is 0 Å². The third-order valence-corrected chi connectivity index (χ3v) is 3.45. The topological polar surface area (TPSA) is 17.0 Å². The summed E-state index contributed by atoms with van der Waals surface area (Å²) < 4.78 is 2.25. The SMILES string of the molecule is CCC(CC)NCc1cc(C)n(C)c1C. The molecule has 0 radical (unpaired) electrons. The van der Waals surface area contributed by atoms with Crippen molar-refractivity contribution >= 4 is 0 Å². The normalized spacial score (nSPS) is 11.3. The monoisotopic (exact) mass is 208 g/mol. The fraction of sp³-hybridized carbons (Fsp3) is 0.692. The molecule has 1 rings (SSSR count). The molecule has 0 aromatic carbocycles. The van der Waals surface area contributed by atoms with E-state index in [1.807, 2.05) is 0 Å². The van der Waals surface area contributed by atoms with Gasteiger partial charge in [0.15, 0.2) is 0 Å². The Morgan fingerprint density at radius 1 is 1.27 bits per heavy atom. The van der Waals surface area contributed by atoms with E-state index in [0.717, 1.165) is 6.54 Å². The van der Waals surface area contributed by atoms with Gasteiger partial charge in [-0.05, 0) is 38.3 Å². The van der Waals surface area contributed by atoms with E-state index in [4.69, 9.17) is 0 Å². The summed E-state index contributed by atoms with van der Waals surface area (Å²) in [5.41, 5.74) is 4.15. The van der Waals surface area contributed by atoms with Crippen LogP contribution >= 0.6 is 0 Å². The summed E-state index contributed by atoms with van der Waals surface area (Å²) in [7, 11) is 2.13. The van der Waals surface area contributed by atoms with Crippen molar-refractivity contribution < 1.29 is 0 Å². The Hall–Kier alpha value is -0.760. The molecule has 0 amide bonds. The summed E-state index contributed by atoms with van der Waals surface area (Å²) in [5.74, 6) is 0. The summed E-state index contributed by atoms with van der Waals surface area (Å²) >= 11 is 0. The van der Waals surface area contributed by atoms with Crippen molar-refractivity contribution in [3.05, 3.63) is 23.0 Å². The van der Waals surface area contributed by atoms with Gasteiger partial charge in [0.2, 0.25) is 0 Å². The van der Waals surface area contributed by atoms with Gasteiger partial charge in [-0.15, -0.1) is 0 Å². The fourth-order valence-electron chi connectivity index (χ4n) is 1.94. The fourth-order valence-corrected chi connectivity index (χ4v) is 1.94. The zero-order valence-electron chi connectivity index (χ0n) is 10.7. The number of aromatic nitrogens is 1. The van der Waals surface area contributed by atoms with Gasteiger partial charge < -0.3 is 9.88 Å². The van der Waals surface area contributed by atoms with Crippen LogP contribution in [0.2, 0.25) is 0 Å². The molecule has 2 nitrogen and oxygen atoms in total. The van der Waals surface area contributed by atoms with E-state index < -0.39 is 0 Å². The van der Waals surface area contributed by atoms with Gasteiger partial charge in [-0.3, -0.25) is 0 Å². The average Bonchev–Trinajstić information content (AvgIpc) is 2.48. The number of aryl methyl sites for hydroxylation is 1. The lowest BCUT2D eigenvalue weighted by molar-refractivity contribution is 0.483. The third-order valence-electron chi connectivity index (χ3n) is 3.45. The Morgan fingerprint density at radius 2 is 1.87 bits per heavy atom. The lowest BCUT2D eigenvalue weighted by Crippen LogP contribution is -2.27. The summed E-state index contributed by atoms with van der Waals surface area (Å²) in [6, 6.07) is 2.94. The maximum absolute atomic E-state index is 3.60. The van der Waals surface area contributed by atoms with Crippen molar-refractivity contribution in [2.24, 2.45) is 7.05 Å². The van der Waals surface area contributed by atoms with Crippen LogP contribution in [-0.4, -0.2) is 10.6 Å². The highest BCUT2D eigenvalue weighted by atomic mass is 15.0. The zero-order chi connectivity index (χ0) is 11.4. The molecule has 2 heteroatoms. The Balaban J connectivity index is 2.61. The Morgan fingerprint density at radius 3 is 2.27 bits per heavy atom. The van der Waals surface area contributed by atoms with Crippen molar-refractivity contribution in [2.75, 3.05) is 0 Å². The Kier molecular flexibility index (Phi) is 4.40. The third kappa shape index (κ3) is 2.85. The van der Waals surface area contributed by atoms with Crippen molar-refractivity contribution in [1.82, 2.24) is 9.88 Å². The largest absolute Gasteiger partial charge is 0.352 e. The smallest absolute Gasteiger partial charge is 0.0225 e. The molecule has 0 fully saturated rings. The molecule has 1 N–H and O–H groups in total. The molecule has 0 bridgehead atoms. The van der Waals surface area contributed by atoms with Gasteiger partial charge in [-0.25, -0.2) is 0 Å². The lowest BCUT2D eigenvalue weighted by atomic mass is 10.1. The van der Waals surface area contributed by atoms with E-state index in [1.54, 1.807) is 0 Å². The molecule has 1 heterocycles. The first-order valence-electron chi connectivity index (χ1n) is 5.95. The highest BCUT2D eigenvalue weighted by Crippen LogP contribution is 2.13. The standard InChI is InChI=1S/C13H24N2/c1-6-13(7-2)14-9-12-8-10(3)15(5)11(12)4/h8,13-14H,6-7,9H2,1-5H3. The molecule has 0 spiro atoms. The van der Waals surface area contributed by atoms with E-state index in [2.05, 4.69) is 50.7 Å². The van der Waals surface area contributed by atoms with Crippen LogP contribution in [-0.2, 0) is 13.6 Å². The molecule has 0 saturated carbocycles. The molecule has 0 atom stereocenters. The summed E-state index contributed by atoms with van der Waals surface area (Å²) in [5, 5.41) is 3.60. The van der Waals surface area contributed by atoms with Crippen molar-refractivity contribution in [2.45, 2.75) is 53.1 Å².